The van der Waals surface area contributed by atoms with Gasteiger partial charge in [0.1, 0.15) is 5.56 Å². The molecule has 0 spiro atoms. The molecule has 3 N–H and O–H groups in total. The number of carbonyl (C=O) groups is 1. The third kappa shape index (κ3) is 4.41. The third-order valence-corrected chi connectivity index (χ3v) is 5.65. The van der Waals surface area contributed by atoms with E-state index in [1.807, 2.05) is 42.5 Å². The number of anilines is 1. The molecule has 4 rings (SSSR count). The van der Waals surface area contributed by atoms with E-state index in [9.17, 15) is 4.79 Å². The number of nitrogens with two attached hydrogens (primary N) is 1. The molecule has 0 saturated carbocycles. The van der Waals surface area contributed by atoms with Crippen LogP contribution in [-0.4, -0.2) is 29.5 Å². The van der Waals surface area contributed by atoms with Crippen molar-refractivity contribution in [1.29, 1.82) is 0 Å². The topological polar surface area (TPSA) is 90.1 Å². The molecule has 4 aromatic rings. The summed E-state index contributed by atoms with van der Waals surface area (Å²) in [5.74, 6) is 0.111. The van der Waals surface area contributed by atoms with Gasteiger partial charge in [-0.05, 0) is 42.2 Å². The number of aromatic nitrogens is 2. The fourth-order valence-electron chi connectivity index (χ4n) is 3.29. The molecule has 152 valence electrons. The number of hydrogen-bond acceptors (Lipinski definition) is 6. The van der Waals surface area contributed by atoms with Gasteiger partial charge in [-0.25, -0.2) is 9.97 Å². The fourth-order valence-corrected chi connectivity index (χ4v) is 4.07. The molecular weight excluding hydrogens is 396 g/mol. The van der Waals surface area contributed by atoms with Crippen LogP contribution in [0.4, 0.5) is 5.13 Å². The SMILES string of the molecule is COc1ncc(-c2ccc3nc(N)sc3c2)cc1C(=O)NCCCc1ccccc1. The summed E-state index contributed by atoms with van der Waals surface area (Å²) in [7, 11) is 1.51. The minimum absolute atomic E-state index is 0.197. The first-order chi connectivity index (χ1) is 14.6. The van der Waals surface area contributed by atoms with Crippen molar-refractivity contribution >= 4 is 32.6 Å². The van der Waals surface area contributed by atoms with Gasteiger partial charge in [0.2, 0.25) is 5.88 Å². The molecule has 0 unspecified atom stereocenters. The van der Waals surface area contributed by atoms with Crippen LogP contribution in [-0.2, 0) is 6.42 Å². The molecule has 30 heavy (non-hydrogen) atoms. The number of thiazole rings is 1. The summed E-state index contributed by atoms with van der Waals surface area (Å²) in [6, 6.07) is 17.9. The van der Waals surface area contributed by atoms with Crippen molar-refractivity contribution in [1.82, 2.24) is 15.3 Å². The first-order valence-corrected chi connectivity index (χ1v) is 10.5. The minimum atomic E-state index is -0.197. The molecule has 0 radical (unpaired) electrons. The molecule has 6 nitrogen and oxygen atoms in total. The number of carbonyl (C=O) groups excluding carboxylic acids is 1. The summed E-state index contributed by atoms with van der Waals surface area (Å²) in [4.78, 5) is 21.4. The smallest absolute Gasteiger partial charge is 0.256 e. The summed E-state index contributed by atoms with van der Waals surface area (Å²) < 4.78 is 6.30. The number of nitrogens with one attached hydrogen (secondary N) is 1. The highest BCUT2D eigenvalue weighted by Gasteiger charge is 2.15. The standard InChI is InChI=1S/C23H22N4O2S/c1-29-22-18(21(28)25-11-5-8-15-6-3-2-4-7-15)12-17(14-26-22)16-9-10-19-20(13-16)30-23(24)27-19/h2-4,6-7,9-10,12-14H,5,8,11H2,1H3,(H2,24,27)(H,25,28). The Bertz CT molecular complexity index is 1170. The normalized spacial score (nSPS) is 10.8. The molecule has 7 heteroatoms. The predicted octanol–water partition coefficient (Wildman–Crippen LogP) is 4.31. The Morgan fingerprint density at radius 3 is 2.77 bits per heavy atom. The van der Waals surface area contributed by atoms with E-state index in [1.54, 1.807) is 6.20 Å². The monoisotopic (exact) mass is 418 g/mol. The van der Waals surface area contributed by atoms with E-state index in [2.05, 4.69) is 27.4 Å². The number of pyridine rings is 1. The van der Waals surface area contributed by atoms with Crippen molar-refractivity contribution in [3.8, 4) is 17.0 Å². The second-order valence-corrected chi connectivity index (χ2v) is 7.92. The maximum atomic E-state index is 12.8. The van der Waals surface area contributed by atoms with Gasteiger partial charge in [0.15, 0.2) is 5.13 Å². The molecule has 0 fully saturated rings. The maximum absolute atomic E-state index is 12.8. The average molecular weight is 419 g/mol. The van der Waals surface area contributed by atoms with Gasteiger partial charge < -0.3 is 15.8 Å². The molecule has 0 atom stereocenters. The van der Waals surface area contributed by atoms with Gasteiger partial charge in [-0.15, -0.1) is 0 Å². The second-order valence-electron chi connectivity index (χ2n) is 6.86. The van der Waals surface area contributed by atoms with Gasteiger partial charge in [0.05, 0.1) is 17.3 Å². The number of nitrogen functional groups attached to an aromatic ring is 1. The second kappa shape index (κ2) is 8.92. The van der Waals surface area contributed by atoms with Gasteiger partial charge in [-0.2, -0.15) is 0 Å². The van der Waals surface area contributed by atoms with Crippen LogP contribution in [0.5, 0.6) is 5.88 Å². The number of hydrogen-bond donors (Lipinski definition) is 2. The third-order valence-electron chi connectivity index (χ3n) is 4.80. The van der Waals surface area contributed by atoms with Gasteiger partial charge in [0.25, 0.3) is 5.91 Å². The number of aryl methyl sites for hydroxylation is 1. The number of methoxy groups -OCH3 is 1. The number of nitrogens with zero attached hydrogens (tertiary/aromatic N) is 2. The van der Waals surface area contributed by atoms with E-state index in [0.717, 1.165) is 34.2 Å². The largest absolute Gasteiger partial charge is 0.480 e. The van der Waals surface area contributed by atoms with Gasteiger partial charge in [0, 0.05) is 18.3 Å². The molecule has 0 aliphatic carbocycles. The summed E-state index contributed by atoms with van der Waals surface area (Å²) in [6.45, 7) is 0.577. The number of amides is 1. The Morgan fingerprint density at radius 2 is 1.97 bits per heavy atom. The zero-order valence-electron chi connectivity index (χ0n) is 16.6. The van der Waals surface area contributed by atoms with Crippen LogP contribution >= 0.6 is 11.3 Å². The minimum Gasteiger partial charge on any atom is -0.480 e. The molecular formula is C23H22N4O2S. The first kappa shape index (κ1) is 19.8. The summed E-state index contributed by atoms with van der Waals surface area (Å²) in [5, 5.41) is 3.51. The lowest BCUT2D eigenvalue weighted by atomic mass is 10.1. The Hall–Kier alpha value is -3.45. The molecule has 0 aliphatic rings. The van der Waals surface area contributed by atoms with Crippen molar-refractivity contribution in [3.63, 3.8) is 0 Å². The van der Waals surface area contributed by atoms with Gasteiger partial charge in [-0.3, -0.25) is 4.79 Å². The van der Waals surface area contributed by atoms with Crippen molar-refractivity contribution in [2.45, 2.75) is 12.8 Å². The lowest BCUT2D eigenvalue weighted by Crippen LogP contribution is -2.25. The van der Waals surface area contributed by atoms with Crippen molar-refractivity contribution in [2.75, 3.05) is 19.4 Å². The predicted molar refractivity (Wildman–Crippen MR) is 121 cm³/mol. The van der Waals surface area contributed by atoms with Crippen LogP contribution < -0.4 is 15.8 Å². The molecule has 2 aromatic carbocycles. The lowest BCUT2D eigenvalue weighted by Gasteiger charge is -2.11. The van der Waals surface area contributed by atoms with Crippen molar-refractivity contribution in [2.24, 2.45) is 0 Å². The van der Waals surface area contributed by atoms with E-state index < -0.39 is 0 Å². The van der Waals surface area contributed by atoms with E-state index >= 15 is 0 Å². The molecule has 2 aromatic heterocycles. The number of fused-ring (bicyclic) bond motifs is 1. The number of rotatable bonds is 7. The van der Waals surface area contributed by atoms with Gasteiger partial charge in [-0.1, -0.05) is 47.7 Å². The number of benzene rings is 2. The Labute approximate surface area is 178 Å². The zero-order chi connectivity index (χ0) is 20.9. The molecule has 0 bridgehead atoms. The highest BCUT2D eigenvalue weighted by atomic mass is 32.1. The quantitative estimate of drug-likeness (QED) is 0.437. The lowest BCUT2D eigenvalue weighted by molar-refractivity contribution is 0.0949. The Balaban J connectivity index is 1.49. The molecule has 2 heterocycles. The summed E-state index contributed by atoms with van der Waals surface area (Å²) >= 11 is 1.43. The number of ether oxygens (including phenoxy) is 1. The summed E-state index contributed by atoms with van der Waals surface area (Å²) in [6.07, 6.45) is 3.47. The van der Waals surface area contributed by atoms with Crippen molar-refractivity contribution < 1.29 is 9.53 Å². The summed E-state index contributed by atoms with van der Waals surface area (Å²) in [5.41, 5.74) is 10.1. The average Bonchev–Trinajstić information content (AvgIpc) is 3.16. The van der Waals surface area contributed by atoms with Crippen LogP contribution in [0.1, 0.15) is 22.3 Å². The van der Waals surface area contributed by atoms with Crippen LogP contribution in [0.2, 0.25) is 0 Å². The molecule has 0 aliphatic heterocycles. The van der Waals surface area contributed by atoms with E-state index in [-0.39, 0.29) is 5.91 Å². The van der Waals surface area contributed by atoms with E-state index in [1.165, 1.54) is 24.0 Å². The molecule has 0 saturated heterocycles. The highest BCUT2D eigenvalue weighted by Crippen LogP contribution is 2.30. The van der Waals surface area contributed by atoms with E-state index in [0.29, 0.717) is 23.1 Å². The van der Waals surface area contributed by atoms with E-state index in [4.69, 9.17) is 10.5 Å². The molecule has 1 amide bonds. The zero-order valence-corrected chi connectivity index (χ0v) is 17.4. The van der Waals surface area contributed by atoms with Crippen LogP contribution in [0.25, 0.3) is 21.3 Å². The Kier molecular flexibility index (Phi) is 5.90. The van der Waals surface area contributed by atoms with Crippen molar-refractivity contribution in [3.05, 3.63) is 71.9 Å². The Morgan fingerprint density at radius 1 is 1.13 bits per heavy atom. The van der Waals surface area contributed by atoms with Crippen LogP contribution in [0.15, 0.2) is 60.8 Å². The maximum Gasteiger partial charge on any atom is 0.256 e. The van der Waals surface area contributed by atoms with Crippen LogP contribution in [0, 0.1) is 0 Å². The van der Waals surface area contributed by atoms with Crippen LogP contribution in [0.3, 0.4) is 0 Å². The first-order valence-electron chi connectivity index (χ1n) is 9.66. The highest BCUT2D eigenvalue weighted by molar-refractivity contribution is 7.22. The fraction of sp³-hybridized carbons (Fsp3) is 0.174. The van der Waals surface area contributed by atoms with Gasteiger partial charge >= 0.3 is 0 Å².